The van der Waals surface area contributed by atoms with Crippen molar-refractivity contribution in [2.45, 2.75) is 26.9 Å². The highest BCUT2D eigenvalue weighted by atomic mass is 16.5. The van der Waals surface area contributed by atoms with Gasteiger partial charge in [0.05, 0.1) is 13.2 Å². The van der Waals surface area contributed by atoms with E-state index in [0.717, 1.165) is 28.8 Å². The van der Waals surface area contributed by atoms with Crippen molar-refractivity contribution < 1.29 is 9.53 Å². The molecule has 0 aliphatic carbocycles. The summed E-state index contributed by atoms with van der Waals surface area (Å²) in [6, 6.07) is 15.7. The topological polar surface area (TPSA) is 74.8 Å². The molecular weight excluding hydrogens is 340 g/mol. The minimum absolute atomic E-state index is 0.322. The van der Waals surface area contributed by atoms with Crippen molar-refractivity contribution in [2.24, 2.45) is 4.99 Å². The number of aryl methyl sites for hydroxylation is 2. The van der Waals surface area contributed by atoms with Crippen molar-refractivity contribution in [3.63, 3.8) is 0 Å². The van der Waals surface area contributed by atoms with Crippen LogP contribution in [0.15, 0.2) is 53.5 Å². The first-order valence-electron chi connectivity index (χ1n) is 9.12. The monoisotopic (exact) mass is 368 g/mol. The first-order chi connectivity index (χ1) is 13.1. The van der Waals surface area contributed by atoms with Gasteiger partial charge in [-0.2, -0.15) is 0 Å². The lowest BCUT2D eigenvalue weighted by atomic mass is 10.1. The van der Waals surface area contributed by atoms with Gasteiger partial charge in [-0.15, -0.1) is 0 Å². The number of ether oxygens (including phenoxy) is 1. The number of guanidine groups is 1. The number of aliphatic imine (C=N–C) groups is 1. The van der Waals surface area contributed by atoms with Gasteiger partial charge >= 0.3 is 6.03 Å². The number of rotatable bonds is 7. The molecule has 27 heavy (non-hydrogen) atoms. The Hall–Kier alpha value is -2.86. The van der Waals surface area contributed by atoms with E-state index in [1.54, 1.807) is 7.05 Å². The summed E-state index contributed by atoms with van der Waals surface area (Å²) in [5.41, 5.74) is 4.10. The van der Waals surface area contributed by atoms with Crippen LogP contribution in [-0.2, 0) is 17.8 Å². The van der Waals surface area contributed by atoms with Crippen LogP contribution in [-0.4, -0.2) is 32.2 Å². The molecular formula is C21H28N4O2. The molecule has 2 rings (SSSR count). The summed E-state index contributed by atoms with van der Waals surface area (Å²) in [6.45, 7) is 5.65. The number of carbonyl (C=O) groups excluding carboxylic acids is 1. The zero-order valence-electron chi connectivity index (χ0n) is 16.2. The number of para-hydroxylation sites is 1. The maximum absolute atomic E-state index is 12.3. The highest BCUT2D eigenvalue weighted by Crippen LogP contribution is 2.20. The van der Waals surface area contributed by atoms with Crippen molar-refractivity contribution >= 4 is 17.7 Å². The Labute approximate surface area is 161 Å². The summed E-state index contributed by atoms with van der Waals surface area (Å²) in [7, 11) is 1.62. The van der Waals surface area contributed by atoms with Gasteiger partial charge in [0.1, 0.15) is 0 Å². The van der Waals surface area contributed by atoms with Gasteiger partial charge in [0.15, 0.2) is 5.96 Å². The second-order valence-electron chi connectivity index (χ2n) is 6.08. The number of anilines is 1. The highest BCUT2D eigenvalue weighted by Gasteiger charge is 2.10. The molecule has 0 atom stereocenters. The average Bonchev–Trinajstić information content (AvgIpc) is 2.69. The van der Waals surface area contributed by atoms with Crippen LogP contribution in [0.25, 0.3) is 0 Å². The number of urea groups is 1. The molecule has 0 unspecified atom stereocenters. The first-order valence-corrected chi connectivity index (χ1v) is 9.12. The van der Waals surface area contributed by atoms with Gasteiger partial charge < -0.3 is 15.4 Å². The third-order valence-electron chi connectivity index (χ3n) is 4.08. The van der Waals surface area contributed by atoms with Gasteiger partial charge in [-0.05, 0) is 30.0 Å². The minimum atomic E-state index is -0.322. The molecule has 0 spiro atoms. The summed E-state index contributed by atoms with van der Waals surface area (Å²) in [5.74, 6) is 0.405. The third-order valence-corrected chi connectivity index (χ3v) is 4.08. The minimum Gasteiger partial charge on any atom is -0.375 e. The van der Waals surface area contributed by atoms with E-state index in [2.05, 4.69) is 27.9 Å². The molecule has 6 nitrogen and oxygen atoms in total. The predicted molar refractivity (Wildman–Crippen MR) is 110 cm³/mol. The van der Waals surface area contributed by atoms with Crippen LogP contribution in [0.1, 0.15) is 23.6 Å². The van der Waals surface area contributed by atoms with Gasteiger partial charge in [0.25, 0.3) is 0 Å². The second kappa shape index (κ2) is 11.0. The van der Waals surface area contributed by atoms with Crippen LogP contribution < -0.4 is 16.0 Å². The van der Waals surface area contributed by atoms with E-state index < -0.39 is 0 Å². The quantitative estimate of drug-likeness (QED) is 0.398. The summed E-state index contributed by atoms with van der Waals surface area (Å²) >= 11 is 0. The second-order valence-corrected chi connectivity index (χ2v) is 6.08. The number of amides is 2. The van der Waals surface area contributed by atoms with Crippen LogP contribution in [0.4, 0.5) is 10.5 Å². The van der Waals surface area contributed by atoms with Crippen LogP contribution in [0.2, 0.25) is 0 Å². The molecule has 2 amide bonds. The average molecular weight is 368 g/mol. The Morgan fingerprint density at radius 3 is 2.59 bits per heavy atom. The number of hydrogen-bond donors (Lipinski definition) is 3. The lowest BCUT2D eigenvalue weighted by molar-refractivity contribution is 0.125. The van der Waals surface area contributed by atoms with E-state index in [0.29, 0.717) is 25.7 Å². The molecule has 0 heterocycles. The van der Waals surface area contributed by atoms with Crippen LogP contribution in [0.3, 0.4) is 0 Å². The molecule has 0 aliphatic rings. The molecule has 0 bridgehead atoms. The molecule has 0 saturated heterocycles. The van der Waals surface area contributed by atoms with Gasteiger partial charge in [0, 0.05) is 19.3 Å². The van der Waals surface area contributed by atoms with Crippen molar-refractivity contribution in [1.29, 1.82) is 0 Å². The van der Waals surface area contributed by atoms with Crippen LogP contribution in [0.5, 0.6) is 0 Å². The standard InChI is InChI=1S/C21H28N4O2/c1-4-18-12-8-9-16(2)19(18)24-21(26)25-20(22-3)23-13-14-27-15-17-10-6-5-7-11-17/h5-12H,4,13-15H2,1-3H3,(H3,22,23,24,25,26). The maximum atomic E-state index is 12.3. The smallest absolute Gasteiger partial charge is 0.326 e. The zero-order valence-corrected chi connectivity index (χ0v) is 16.2. The van der Waals surface area contributed by atoms with Gasteiger partial charge in [-0.25, -0.2) is 4.79 Å². The van der Waals surface area contributed by atoms with Gasteiger partial charge in [0.2, 0.25) is 0 Å². The molecule has 3 N–H and O–H groups in total. The number of hydrogen-bond acceptors (Lipinski definition) is 3. The molecule has 0 fully saturated rings. The zero-order chi connectivity index (χ0) is 19.5. The molecule has 6 heteroatoms. The van der Waals surface area contributed by atoms with E-state index in [9.17, 15) is 4.79 Å². The molecule has 0 radical (unpaired) electrons. The van der Waals surface area contributed by atoms with E-state index in [-0.39, 0.29) is 6.03 Å². The molecule has 0 saturated carbocycles. The normalized spacial score (nSPS) is 11.1. The highest BCUT2D eigenvalue weighted by molar-refractivity contribution is 6.03. The lowest BCUT2D eigenvalue weighted by Gasteiger charge is -2.15. The fourth-order valence-electron chi connectivity index (χ4n) is 2.64. The van der Waals surface area contributed by atoms with E-state index >= 15 is 0 Å². The molecule has 0 aromatic heterocycles. The van der Waals surface area contributed by atoms with Gasteiger partial charge in [-0.1, -0.05) is 55.5 Å². The van der Waals surface area contributed by atoms with E-state index in [1.807, 2.05) is 55.5 Å². The summed E-state index contributed by atoms with van der Waals surface area (Å²) in [4.78, 5) is 16.4. The Balaban J connectivity index is 1.75. The SMILES string of the molecule is CCc1cccc(C)c1NC(=O)NC(=NC)NCCOCc1ccccc1. The number of nitrogens with zero attached hydrogens (tertiary/aromatic N) is 1. The molecule has 144 valence electrons. The number of nitrogens with one attached hydrogen (secondary N) is 3. The fraction of sp³-hybridized carbons (Fsp3) is 0.333. The Bertz CT molecular complexity index is 760. The van der Waals surface area contributed by atoms with E-state index in [4.69, 9.17) is 4.74 Å². The van der Waals surface area contributed by atoms with Crippen molar-refractivity contribution in [3.8, 4) is 0 Å². The summed E-state index contributed by atoms with van der Waals surface area (Å²) < 4.78 is 5.62. The largest absolute Gasteiger partial charge is 0.375 e. The van der Waals surface area contributed by atoms with Crippen molar-refractivity contribution in [2.75, 3.05) is 25.5 Å². The Morgan fingerprint density at radius 1 is 1.11 bits per heavy atom. The van der Waals surface area contributed by atoms with E-state index in [1.165, 1.54) is 0 Å². The molecule has 2 aromatic carbocycles. The Kier molecular flexibility index (Phi) is 8.32. The number of carbonyl (C=O) groups is 1. The van der Waals surface area contributed by atoms with Gasteiger partial charge in [-0.3, -0.25) is 10.3 Å². The van der Waals surface area contributed by atoms with Crippen LogP contribution in [0, 0.1) is 6.92 Å². The lowest BCUT2D eigenvalue weighted by Crippen LogP contribution is -2.44. The van der Waals surface area contributed by atoms with Crippen LogP contribution >= 0.6 is 0 Å². The summed E-state index contributed by atoms with van der Waals surface area (Å²) in [5, 5.41) is 8.72. The fourth-order valence-corrected chi connectivity index (χ4v) is 2.64. The van der Waals surface area contributed by atoms with Crippen molar-refractivity contribution in [1.82, 2.24) is 10.6 Å². The Morgan fingerprint density at radius 2 is 1.89 bits per heavy atom. The number of benzene rings is 2. The predicted octanol–water partition coefficient (Wildman–Crippen LogP) is 3.47. The third kappa shape index (κ3) is 6.75. The summed E-state index contributed by atoms with van der Waals surface area (Å²) in [6.07, 6.45) is 0.850. The molecule has 0 aliphatic heterocycles. The first kappa shape index (κ1) is 20.5. The maximum Gasteiger partial charge on any atom is 0.326 e. The van der Waals surface area contributed by atoms with Crippen molar-refractivity contribution in [3.05, 3.63) is 65.2 Å². The molecule has 2 aromatic rings.